The van der Waals surface area contributed by atoms with Crippen molar-refractivity contribution in [3.63, 3.8) is 0 Å². The van der Waals surface area contributed by atoms with E-state index in [4.69, 9.17) is 5.73 Å². The number of nitrogen functional groups attached to an aromatic ring is 1. The molecule has 1 aromatic rings. The number of hydrogen-bond acceptors (Lipinski definition) is 5. The molecule has 4 N–H and O–H groups in total. The lowest BCUT2D eigenvalue weighted by atomic mass is 9.84. The quantitative estimate of drug-likeness (QED) is 0.686. The Morgan fingerprint density at radius 3 is 2.42 bits per heavy atom. The van der Waals surface area contributed by atoms with Crippen molar-refractivity contribution in [2.75, 3.05) is 18.9 Å². The first-order valence-corrected chi connectivity index (χ1v) is 7.69. The van der Waals surface area contributed by atoms with E-state index in [0.29, 0.717) is 12.8 Å². The maximum Gasteiger partial charge on any atom is 0.242 e. The van der Waals surface area contributed by atoms with E-state index >= 15 is 0 Å². The summed E-state index contributed by atoms with van der Waals surface area (Å²) in [6.45, 7) is 4.00. The zero-order valence-corrected chi connectivity index (χ0v) is 12.1. The minimum atomic E-state index is -3.62. The second kappa shape index (κ2) is 6.31. The van der Waals surface area contributed by atoms with Crippen molar-refractivity contribution in [2.45, 2.75) is 31.6 Å². The van der Waals surface area contributed by atoms with Gasteiger partial charge in [-0.25, -0.2) is 18.1 Å². The van der Waals surface area contributed by atoms with Crippen LogP contribution in [0.15, 0.2) is 23.2 Å². The monoisotopic (exact) mass is 287 g/mol. The van der Waals surface area contributed by atoms with Crippen LogP contribution in [0.5, 0.6) is 0 Å². The predicted molar refractivity (Wildman–Crippen MR) is 73.9 cm³/mol. The first kappa shape index (κ1) is 15.9. The van der Waals surface area contributed by atoms with Crippen LogP contribution in [-0.2, 0) is 10.0 Å². The molecule has 0 spiro atoms. The highest BCUT2D eigenvalue weighted by atomic mass is 32.2. The average molecular weight is 287 g/mol. The van der Waals surface area contributed by atoms with Gasteiger partial charge in [0.25, 0.3) is 0 Å². The molecule has 7 heteroatoms. The summed E-state index contributed by atoms with van der Waals surface area (Å²) in [7, 11) is -3.62. The summed E-state index contributed by atoms with van der Waals surface area (Å²) in [5, 5.41) is 9.42. The van der Waals surface area contributed by atoms with Crippen molar-refractivity contribution >= 4 is 15.8 Å². The van der Waals surface area contributed by atoms with Gasteiger partial charge in [0.1, 0.15) is 10.7 Å². The molecule has 0 fully saturated rings. The largest absolute Gasteiger partial charge is 0.396 e. The fourth-order valence-electron chi connectivity index (χ4n) is 1.66. The Morgan fingerprint density at radius 2 is 2.00 bits per heavy atom. The van der Waals surface area contributed by atoms with Crippen molar-refractivity contribution in [2.24, 2.45) is 5.41 Å². The smallest absolute Gasteiger partial charge is 0.242 e. The molecule has 1 heterocycles. The summed E-state index contributed by atoms with van der Waals surface area (Å²) < 4.78 is 26.6. The number of aliphatic hydroxyl groups is 1. The van der Waals surface area contributed by atoms with Crippen LogP contribution in [0.1, 0.15) is 26.7 Å². The maximum atomic E-state index is 12.1. The molecule has 6 nitrogen and oxygen atoms in total. The highest BCUT2D eigenvalue weighted by Crippen LogP contribution is 2.25. The van der Waals surface area contributed by atoms with Crippen LogP contribution < -0.4 is 10.5 Å². The third-order valence-electron chi connectivity index (χ3n) is 3.54. The van der Waals surface area contributed by atoms with Gasteiger partial charge in [-0.1, -0.05) is 13.8 Å². The van der Waals surface area contributed by atoms with Crippen molar-refractivity contribution in [1.29, 1.82) is 0 Å². The molecule has 108 valence electrons. The van der Waals surface area contributed by atoms with Gasteiger partial charge in [0.15, 0.2) is 0 Å². The van der Waals surface area contributed by atoms with E-state index in [1.165, 1.54) is 18.3 Å². The molecule has 0 bridgehead atoms. The van der Waals surface area contributed by atoms with Crippen molar-refractivity contribution in [3.05, 3.63) is 18.3 Å². The number of rotatable bonds is 7. The Balaban J connectivity index is 2.83. The highest BCUT2D eigenvalue weighted by Gasteiger charge is 2.27. The molecular formula is C12H21N3O3S. The maximum absolute atomic E-state index is 12.1. The Morgan fingerprint density at radius 1 is 1.37 bits per heavy atom. The first-order valence-electron chi connectivity index (χ1n) is 6.21. The van der Waals surface area contributed by atoms with E-state index in [9.17, 15) is 13.5 Å². The number of hydrogen-bond donors (Lipinski definition) is 3. The van der Waals surface area contributed by atoms with Gasteiger partial charge in [0.2, 0.25) is 10.0 Å². The molecule has 0 saturated carbocycles. The van der Waals surface area contributed by atoms with Gasteiger partial charge >= 0.3 is 0 Å². The van der Waals surface area contributed by atoms with Gasteiger partial charge in [-0.2, -0.15) is 0 Å². The number of aromatic nitrogens is 1. The molecule has 1 rings (SSSR count). The Hall–Kier alpha value is -1.18. The van der Waals surface area contributed by atoms with Crippen LogP contribution in [0.4, 0.5) is 5.82 Å². The number of sulfonamides is 1. The second-order valence-corrected chi connectivity index (χ2v) is 6.38. The second-order valence-electron chi connectivity index (χ2n) is 4.61. The fourth-order valence-corrected chi connectivity index (χ4v) is 2.76. The van der Waals surface area contributed by atoms with Crippen LogP contribution in [0.3, 0.4) is 0 Å². The molecule has 0 unspecified atom stereocenters. The zero-order valence-electron chi connectivity index (χ0n) is 11.3. The summed E-state index contributed by atoms with van der Waals surface area (Å²) in [6, 6.07) is 2.84. The summed E-state index contributed by atoms with van der Waals surface area (Å²) in [4.78, 5) is 3.83. The van der Waals surface area contributed by atoms with E-state index in [1.54, 1.807) is 0 Å². The lowest BCUT2D eigenvalue weighted by molar-refractivity contribution is 0.119. The van der Waals surface area contributed by atoms with Crippen LogP contribution in [0, 0.1) is 5.41 Å². The predicted octanol–water partition coefficient (Wildman–Crippen LogP) is 0.741. The summed E-state index contributed by atoms with van der Waals surface area (Å²) in [6.07, 6.45) is 2.61. The lowest BCUT2D eigenvalue weighted by Crippen LogP contribution is -2.39. The molecular weight excluding hydrogens is 266 g/mol. The van der Waals surface area contributed by atoms with Crippen molar-refractivity contribution in [1.82, 2.24) is 9.71 Å². The van der Waals surface area contributed by atoms with E-state index in [-0.39, 0.29) is 23.9 Å². The van der Waals surface area contributed by atoms with Crippen LogP contribution in [-0.4, -0.2) is 31.7 Å². The standard InChI is InChI=1S/C12H21N3O3S/c1-3-12(4-2,9-16)8-15-19(17,18)10-5-6-11(13)14-7-10/h5-7,15-16H,3-4,8-9H2,1-2H3,(H2,13,14). The number of aliphatic hydroxyl groups excluding tert-OH is 1. The fraction of sp³-hybridized carbons (Fsp3) is 0.583. The minimum Gasteiger partial charge on any atom is -0.396 e. The van der Waals surface area contributed by atoms with Crippen LogP contribution >= 0.6 is 0 Å². The lowest BCUT2D eigenvalue weighted by Gasteiger charge is -2.29. The Labute approximate surface area is 114 Å². The number of anilines is 1. The third-order valence-corrected chi connectivity index (χ3v) is 4.93. The molecule has 0 saturated heterocycles. The van der Waals surface area contributed by atoms with Gasteiger partial charge < -0.3 is 10.8 Å². The summed E-state index contributed by atoms with van der Waals surface area (Å²) in [5.74, 6) is 0.269. The van der Waals surface area contributed by atoms with Crippen LogP contribution in [0.25, 0.3) is 0 Å². The van der Waals surface area contributed by atoms with Gasteiger partial charge in [-0.15, -0.1) is 0 Å². The molecule has 0 aromatic carbocycles. The molecule has 0 atom stereocenters. The molecule has 0 amide bonds. The van der Waals surface area contributed by atoms with E-state index in [2.05, 4.69) is 9.71 Å². The minimum absolute atomic E-state index is 0.0531. The molecule has 1 aromatic heterocycles. The first-order chi connectivity index (χ1) is 8.89. The number of nitrogens with two attached hydrogens (primary N) is 1. The average Bonchev–Trinajstić information content (AvgIpc) is 2.41. The topological polar surface area (TPSA) is 105 Å². The molecule has 0 aliphatic heterocycles. The zero-order chi connectivity index (χ0) is 14.5. The number of nitrogens with one attached hydrogen (secondary N) is 1. The third kappa shape index (κ3) is 3.89. The van der Waals surface area contributed by atoms with Crippen molar-refractivity contribution in [3.8, 4) is 0 Å². The Bertz CT molecular complexity index is 487. The molecule has 19 heavy (non-hydrogen) atoms. The molecule has 0 radical (unpaired) electrons. The number of pyridine rings is 1. The summed E-state index contributed by atoms with van der Waals surface area (Å²) in [5.41, 5.74) is 5.00. The van der Waals surface area contributed by atoms with E-state index in [0.717, 1.165) is 0 Å². The normalized spacial score (nSPS) is 12.6. The van der Waals surface area contributed by atoms with Crippen molar-refractivity contribution < 1.29 is 13.5 Å². The summed E-state index contributed by atoms with van der Waals surface area (Å²) >= 11 is 0. The van der Waals surface area contributed by atoms with Gasteiger partial charge in [0.05, 0.1) is 0 Å². The van der Waals surface area contributed by atoms with E-state index < -0.39 is 15.4 Å². The van der Waals surface area contributed by atoms with Gasteiger partial charge in [-0.05, 0) is 25.0 Å². The highest BCUT2D eigenvalue weighted by molar-refractivity contribution is 7.89. The van der Waals surface area contributed by atoms with Gasteiger partial charge in [0, 0.05) is 24.8 Å². The molecule has 0 aliphatic rings. The van der Waals surface area contributed by atoms with Gasteiger partial charge in [-0.3, -0.25) is 0 Å². The SMILES string of the molecule is CCC(CC)(CO)CNS(=O)(=O)c1ccc(N)nc1. The molecule has 0 aliphatic carbocycles. The van der Waals surface area contributed by atoms with Crippen LogP contribution in [0.2, 0.25) is 0 Å². The van der Waals surface area contributed by atoms with E-state index in [1.807, 2.05) is 13.8 Å². The Kier molecular flexibility index (Phi) is 5.28. The number of nitrogens with zero attached hydrogens (tertiary/aromatic N) is 1.